The molecule has 0 saturated heterocycles. The van der Waals surface area contributed by atoms with Crippen LogP contribution in [0.5, 0.6) is 5.88 Å². The van der Waals surface area contributed by atoms with Crippen molar-refractivity contribution in [1.82, 2.24) is 9.55 Å². The first-order valence-electron chi connectivity index (χ1n) is 8.23. The number of hydrogen-bond acceptors (Lipinski definition) is 3. The molecule has 2 N–H and O–H groups in total. The van der Waals surface area contributed by atoms with Gasteiger partial charge in [0.25, 0.3) is 5.56 Å². The Morgan fingerprint density at radius 2 is 1.83 bits per heavy atom. The Labute approximate surface area is 135 Å². The third-order valence-corrected chi connectivity index (χ3v) is 4.16. The number of benzene rings is 1. The number of H-pyrrole nitrogens is 1. The third-order valence-electron chi connectivity index (χ3n) is 4.16. The topological polar surface area (TPSA) is 75.1 Å². The molecule has 0 aliphatic carbocycles. The Hall–Kier alpha value is -2.30. The van der Waals surface area contributed by atoms with Crippen molar-refractivity contribution in [3.05, 3.63) is 51.2 Å². The van der Waals surface area contributed by atoms with Crippen molar-refractivity contribution in [3.63, 3.8) is 0 Å². The summed E-state index contributed by atoms with van der Waals surface area (Å²) in [4.78, 5) is 26.7. The molecule has 1 aromatic carbocycles. The molecule has 0 radical (unpaired) electrons. The van der Waals surface area contributed by atoms with Crippen LogP contribution in [0.15, 0.2) is 39.9 Å². The van der Waals surface area contributed by atoms with Gasteiger partial charge in [0.2, 0.25) is 5.88 Å². The van der Waals surface area contributed by atoms with Crippen LogP contribution in [0.1, 0.15) is 52.0 Å². The van der Waals surface area contributed by atoms with Crippen LogP contribution in [0.2, 0.25) is 0 Å². The normalized spacial score (nSPS) is 12.3. The van der Waals surface area contributed by atoms with Gasteiger partial charge in [-0.1, -0.05) is 63.4 Å². The summed E-state index contributed by atoms with van der Waals surface area (Å²) in [6, 6.07) is 8.80. The van der Waals surface area contributed by atoms with Gasteiger partial charge in [0.15, 0.2) is 0 Å². The van der Waals surface area contributed by atoms with E-state index in [0.717, 1.165) is 32.1 Å². The monoisotopic (exact) mass is 316 g/mol. The van der Waals surface area contributed by atoms with Gasteiger partial charge in [0.1, 0.15) is 5.56 Å². The SMILES string of the molecule is CCCCCC(CC)n1c(O)c(-c2ccccc2)c(=O)[nH]c1=O. The van der Waals surface area contributed by atoms with Crippen LogP contribution in [0.4, 0.5) is 0 Å². The van der Waals surface area contributed by atoms with Gasteiger partial charge in [-0.2, -0.15) is 0 Å². The summed E-state index contributed by atoms with van der Waals surface area (Å²) in [5.41, 5.74) is -0.351. The Kier molecular flexibility index (Phi) is 5.79. The summed E-state index contributed by atoms with van der Waals surface area (Å²) in [7, 11) is 0. The molecule has 124 valence electrons. The van der Waals surface area contributed by atoms with Crippen LogP contribution in [0.25, 0.3) is 11.1 Å². The van der Waals surface area contributed by atoms with Crippen LogP contribution in [-0.2, 0) is 0 Å². The van der Waals surface area contributed by atoms with Crippen LogP contribution in [0.3, 0.4) is 0 Å². The number of aromatic nitrogens is 2. The van der Waals surface area contributed by atoms with Crippen molar-refractivity contribution in [2.45, 2.75) is 52.0 Å². The fraction of sp³-hybridized carbons (Fsp3) is 0.444. The molecule has 2 aromatic rings. The van der Waals surface area contributed by atoms with E-state index in [2.05, 4.69) is 11.9 Å². The Morgan fingerprint density at radius 3 is 2.43 bits per heavy atom. The van der Waals surface area contributed by atoms with Crippen LogP contribution in [-0.4, -0.2) is 14.7 Å². The van der Waals surface area contributed by atoms with E-state index in [0.29, 0.717) is 5.56 Å². The van der Waals surface area contributed by atoms with Gasteiger partial charge < -0.3 is 5.11 Å². The highest BCUT2D eigenvalue weighted by atomic mass is 16.3. The van der Waals surface area contributed by atoms with Gasteiger partial charge in [-0.3, -0.25) is 14.3 Å². The lowest BCUT2D eigenvalue weighted by Crippen LogP contribution is -2.33. The maximum absolute atomic E-state index is 12.2. The van der Waals surface area contributed by atoms with Crippen LogP contribution < -0.4 is 11.2 Å². The summed E-state index contributed by atoms with van der Waals surface area (Å²) in [6.07, 6.45) is 4.69. The molecule has 0 aliphatic heterocycles. The molecule has 5 heteroatoms. The molecule has 1 heterocycles. The largest absolute Gasteiger partial charge is 0.494 e. The second-order valence-electron chi connectivity index (χ2n) is 5.75. The number of nitrogens with one attached hydrogen (secondary N) is 1. The van der Waals surface area contributed by atoms with E-state index in [-0.39, 0.29) is 17.5 Å². The van der Waals surface area contributed by atoms with E-state index in [1.165, 1.54) is 4.57 Å². The number of aromatic amines is 1. The highest BCUT2D eigenvalue weighted by Crippen LogP contribution is 2.28. The zero-order valence-corrected chi connectivity index (χ0v) is 13.7. The van der Waals surface area contributed by atoms with Crippen molar-refractivity contribution in [2.75, 3.05) is 0 Å². The molecule has 1 aromatic heterocycles. The predicted molar refractivity (Wildman–Crippen MR) is 91.9 cm³/mol. The molecule has 2 rings (SSSR count). The van der Waals surface area contributed by atoms with E-state index in [9.17, 15) is 14.7 Å². The summed E-state index contributed by atoms with van der Waals surface area (Å²) in [5, 5.41) is 10.6. The number of aromatic hydroxyl groups is 1. The fourth-order valence-corrected chi connectivity index (χ4v) is 2.89. The molecule has 0 bridgehead atoms. The zero-order chi connectivity index (χ0) is 16.8. The Balaban J connectivity index is 2.52. The van der Waals surface area contributed by atoms with E-state index >= 15 is 0 Å². The first kappa shape index (κ1) is 17.1. The van der Waals surface area contributed by atoms with Gasteiger partial charge in [-0.25, -0.2) is 4.79 Å². The quantitative estimate of drug-likeness (QED) is 0.768. The van der Waals surface area contributed by atoms with Gasteiger partial charge in [0, 0.05) is 6.04 Å². The first-order chi connectivity index (χ1) is 11.1. The van der Waals surface area contributed by atoms with Gasteiger partial charge in [0.05, 0.1) is 0 Å². The molecule has 0 fully saturated rings. The molecule has 0 saturated carbocycles. The minimum Gasteiger partial charge on any atom is -0.494 e. The van der Waals surface area contributed by atoms with Gasteiger partial charge in [-0.05, 0) is 18.4 Å². The number of nitrogens with zero attached hydrogens (tertiary/aromatic N) is 1. The van der Waals surface area contributed by atoms with Crippen molar-refractivity contribution in [2.24, 2.45) is 0 Å². The average Bonchev–Trinajstić information content (AvgIpc) is 2.54. The molecule has 0 amide bonds. The minimum atomic E-state index is -0.557. The van der Waals surface area contributed by atoms with E-state index in [1.54, 1.807) is 24.3 Å². The van der Waals surface area contributed by atoms with E-state index < -0.39 is 11.2 Å². The minimum absolute atomic E-state index is 0.117. The summed E-state index contributed by atoms with van der Waals surface area (Å²) in [5.74, 6) is -0.242. The molecule has 23 heavy (non-hydrogen) atoms. The van der Waals surface area contributed by atoms with Crippen molar-refractivity contribution < 1.29 is 5.11 Å². The Morgan fingerprint density at radius 1 is 1.13 bits per heavy atom. The highest BCUT2D eigenvalue weighted by molar-refractivity contribution is 5.67. The van der Waals surface area contributed by atoms with Gasteiger partial charge in [-0.15, -0.1) is 0 Å². The smallest absolute Gasteiger partial charge is 0.331 e. The summed E-state index contributed by atoms with van der Waals surface area (Å²) < 4.78 is 1.33. The highest BCUT2D eigenvalue weighted by Gasteiger charge is 2.20. The second kappa shape index (κ2) is 7.81. The van der Waals surface area contributed by atoms with Crippen molar-refractivity contribution in [3.8, 4) is 17.0 Å². The number of hydrogen-bond donors (Lipinski definition) is 2. The van der Waals surface area contributed by atoms with E-state index in [1.807, 2.05) is 13.0 Å². The fourth-order valence-electron chi connectivity index (χ4n) is 2.89. The van der Waals surface area contributed by atoms with Crippen LogP contribution in [0, 0.1) is 0 Å². The standard InChI is InChI=1S/C18H24N2O3/c1-3-5-7-12-14(4-2)20-17(22)15(16(21)19-18(20)23)13-10-8-6-9-11-13/h6,8-11,14,22H,3-5,7,12H2,1-2H3,(H,19,21,23). The molecular weight excluding hydrogens is 292 g/mol. The van der Waals surface area contributed by atoms with Crippen molar-refractivity contribution in [1.29, 1.82) is 0 Å². The summed E-state index contributed by atoms with van der Waals surface area (Å²) >= 11 is 0. The molecular formula is C18H24N2O3. The molecule has 0 spiro atoms. The molecule has 1 unspecified atom stereocenters. The maximum Gasteiger partial charge on any atom is 0.331 e. The lowest BCUT2D eigenvalue weighted by Gasteiger charge is -2.20. The molecule has 0 aliphatic rings. The number of rotatable bonds is 7. The zero-order valence-electron chi connectivity index (χ0n) is 13.7. The van der Waals surface area contributed by atoms with Crippen LogP contribution >= 0.6 is 0 Å². The number of unbranched alkanes of at least 4 members (excludes halogenated alkanes) is 2. The Bertz CT molecular complexity index is 747. The lowest BCUT2D eigenvalue weighted by molar-refractivity contribution is 0.339. The van der Waals surface area contributed by atoms with Gasteiger partial charge >= 0.3 is 5.69 Å². The lowest BCUT2D eigenvalue weighted by atomic mass is 10.0. The van der Waals surface area contributed by atoms with Crippen molar-refractivity contribution >= 4 is 0 Å². The summed E-state index contributed by atoms with van der Waals surface area (Å²) in [6.45, 7) is 4.11. The average molecular weight is 316 g/mol. The first-order valence-corrected chi connectivity index (χ1v) is 8.23. The predicted octanol–water partition coefficient (Wildman–Crippen LogP) is 3.44. The molecule has 1 atom stereocenters. The second-order valence-corrected chi connectivity index (χ2v) is 5.75. The van der Waals surface area contributed by atoms with E-state index in [4.69, 9.17) is 0 Å². The maximum atomic E-state index is 12.2. The third kappa shape index (κ3) is 3.73. The molecule has 5 nitrogen and oxygen atoms in total.